The fraction of sp³-hybridized carbons (Fsp3) is 0.951. The summed E-state index contributed by atoms with van der Waals surface area (Å²) in [6.45, 7) is 7.80. The van der Waals surface area contributed by atoms with E-state index in [1.165, 1.54) is 192 Å². The second-order valence-electron chi connectivity index (χ2n) is 14.3. The van der Waals surface area contributed by atoms with Gasteiger partial charge in [0.1, 0.15) is 6.61 Å². The molecule has 45 heavy (non-hydrogen) atoms. The van der Waals surface area contributed by atoms with Crippen molar-refractivity contribution in [2.75, 3.05) is 26.2 Å². The molecule has 0 atom stereocenters. The lowest BCUT2D eigenvalue weighted by Gasteiger charge is -2.20. The number of unbranched alkanes of at least 4 members (excludes halogenated alkanes) is 29. The third-order valence-electron chi connectivity index (χ3n) is 9.89. The molecule has 0 bridgehead atoms. The zero-order valence-corrected chi connectivity index (χ0v) is 30.9. The summed E-state index contributed by atoms with van der Waals surface area (Å²) in [7, 11) is 0. The van der Waals surface area contributed by atoms with Crippen molar-refractivity contribution in [2.45, 2.75) is 226 Å². The van der Waals surface area contributed by atoms with Gasteiger partial charge < -0.3 is 9.64 Å². The lowest BCUT2D eigenvalue weighted by atomic mass is 10.0. The summed E-state index contributed by atoms with van der Waals surface area (Å²) < 4.78 is 5.57. The summed E-state index contributed by atoms with van der Waals surface area (Å²) in [4.78, 5) is 19.3. The number of hydrogen-bond donors (Lipinski definition) is 0. The maximum absolute atomic E-state index is 12.2. The highest BCUT2D eigenvalue weighted by molar-refractivity contribution is 5.83. The van der Waals surface area contributed by atoms with Crippen LogP contribution in [0.2, 0.25) is 0 Å². The molecule has 1 heterocycles. The van der Waals surface area contributed by atoms with Gasteiger partial charge in [-0.3, -0.25) is 9.79 Å². The molecule has 0 fully saturated rings. The van der Waals surface area contributed by atoms with E-state index in [4.69, 9.17) is 9.73 Å². The molecule has 0 saturated heterocycles. The van der Waals surface area contributed by atoms with Gasteiger partial charge in [-0.05, 0) is 12.8 Å². The van der Waals surface area contributed by atoms with Crippen LogP contribution in [0.5, 0.6) is 0 Å². The summed E-state index contributed by atoms with van der Waals surface area (Å²) in [5, 5.41) is 0. The van der Waals surface area contributed by atoms with Gasteiger partial charge in [-0.2, -0.15) is 0 Å². The van der Waals surface area contributed by atoms with Gasteiger partial charge in [-0.1, -0.05) is 200 Å². The number of carbonyl (C=O) groups is 1. The second-order valence-corrected chi connectivity index (χ2v) is 14.3. The van der Waals surface area contributed by atoms with Gasteiger partial charge in [0.15, 0.2) is 0 Å². The standard InChI is InChI=1S/C41H80N2O2/c1-3-5-7-9-11-13-15-17-19-21-22-24-26-28-30-32-34-40-42-36-37-43(40)38-39-45-41(44)35-33-31-29-27-25-23-20-18-16-14-12-10-8-6-4-2/h3-39H2,1-2H3. The highest BCUT2D eigenvalue weighted by Crippen LogP contribution is 2.16. The third-order valence-corrected chi connectivity index (χ3v) is 9.89. The Morgan fingerprint density at radius 3 is 1.29 bits per heavy atom. The van der Waals surface area contributed by atoms with E-state index in [9.17, 15) is 4.79 Å². The Morgan fingerprint density at radius 1 is 0.533 bits per heavy atom. The first kappa shape index (κ1) is 42.0. The Kier molecular flexibility index (Phi) is 32.0. The first-order valence-corrected chi connectivity index (χ1v) is 20.7. The highest BCUT2D eigenvalue weighted by Gasteiger charge is 2.16. The molecular formula is C41H80N2O2. The molecule has 0 aromatic heterocycles. The van der Waals surface area contributed by atoms with Crippen molar-refractivity contribution in [3.05, 3.63) is 0 Å². The maximum Gasteiger partial charge on any atom is 0.305 e. The molecule has 0 aromatic carbocycles. The maximum atomic E-state index is 12.2. The molecule has 4 heteroatoms. The Bertz CT molecular complexity index is 649. The number of amidine groups is 1. The fourth-order valence-electron chi connectivity index (χ4n) is 6.82. The monoisotopic (exact) mass is 633 g/mol. The number of nitrogens with zero attached hydrogens (tertiary/aromatic N) is 2. The molecular weight excluding hydrogens is 552 g/mol. The van der Waals surface area contributed by atoms with Gasteiger partial charge in [0.25, 0.3) is 0 Å². The summed E-state index contributed by atoms with van der Waals surface area (Å²) in [6, 6.07) is 0. The average Bonchev–Trinajstić information content (AvgIpc) is 3.49. The van der Waals surface area contributed by atoms with Crippen molar-refractivity contribution in [2.24, 2.45) is 4.99 Å². The van der Waals surface area contributed by atoms with E-state index >= 15 is 0 Å². The lowest BCUT2D eigenvalue weighted by molar-refractivity contribution is -0.143. The van der Waals surface area contributed by atoms with E-state index in [-0.39, 0.29) is 5.97 Å². The molecule has 4 nitrogen and oxygen atoms in total. The van der Waals surface area contributed by atoms with Crippen LogP contribution in [0.4, 0.5) is 0 Å². The van der Waals surface area contributed by atoms with Crippen molar-refractivity contribution in [3.8, 4) is 0 Å². The van der Waals surface area contributed by atoms with Crippen LogP contribution in [0.15, 0.2) is 4.99 Å². The van der Waals surface area contributed by atoms with Crippen molar-refractivity contribution < 1.29 is 9.53 Å². The van der Waals surface area contributed by atoms with Crippen molar-refractivity contribution in [1.29, 1.82) is 0 Å². The molecule has 0 unspecified atom stereocenters. The SMILES string of the molecule is CCCCCCCCCCCCCCCCCCC1=NCCN1CCOC(=O)CCCCCCCCCCCCCCCCC. The first-order valence-electron chi connectivity index (χ1n) is 20.7. The van der Waals surface area contributed by atoms with Crippen molar-refractivity contribution >= 4 is 11.8 Å². The Hall–Kier alpha value is -1.06. The minimum Gasteiger partial charge on any atom is -0.464 e. The summed E-state index contributed by atoms with van der Waals surface area (Å²) in [5.41, 5.74) is 0. The minimum atomic E-state index is -0.0137. The molecule has 1 aliphatic rings. The predicted molar refractivity (Wildman–Crippen MR) is 199 cm³/mol. The largest absolute Gasteiger partial charge is 0.464 e. The van der Waals surface area contributed by atoms with E-state index in [2.05, 4.69) is 18.7 Å². The topological polar surface area (TPSA) is 41.9 Å². The van der Waals surface area contributed by atoms with E-state index < -0.39 is 0 Å². The third kappa shape index (κ3) is 28.9. The van der Waals surface area contributed by atoms with Crippen LogP contribution in [0, 0.1) is 0 Å². The Labute approximate surface area is 282 Å². The smallest absolute Gasteiger partial charge is 0.305 e. The summed E-state index contributed by atoms with van der Waals surface area (Å²) >= 11 is 0. The average molecular weight is 633 g/mol. The molecule has 0 spiro atoms. The van der Waals surface area contributed by atoms with Crippen LogP contribution in [0.3, 0.4) is 0 Å². The van der Waals surface area contributed by atoms with Gasteiger partial charge in [-0.25, -0.2) is 0 Å². The minimum absolute atomic E-state index is 0.0137. The quantitative estimate of drug-likeness (QED) is 0.0510. The number of carbonyl (C=O) groups excluding carboxylic acids is 1. The number of ether oxygens (including phenoxy) is 1. The normalized spacial score (nSPS) is 13.1. The highest BCUT2D eigenvalue weighted by atomic mass is 16.5. The zero-order valence-electron chi connectivity index (χ0n) is 30.9. The van der Waals surface area contributed by atoms with Crippen molar-refractivity contribution in [3.63, 3.8) is 0 Å². The van der Waals surface area contributed by atoms with Crippen LogP contribution < -0.4 is 0 Å². The molecule has 0 saturated carbocycles. The van der Waals surface area contributed by atoms with Gasteiger partial charge in [-0.15, -0.1) is 0 Å². The van der Waals surface area contributed by atoms with Crippen LogP contribution in [-0.2, 0) is 9.53 Å². The van der Waals surface area contributed by atoms with E-state index in [0.29, 0.717) is 13.0 Å². The number of hydrogen-bond acceptors (Lipinski definition) is 4. The number of esters is 1. The van der Waals surface area contributed by atoms with Gasteiger partial charge in [0.05, 0.1) is 18.9 Å². The molecule has 0 aromatic rings. The molecule has 0 radical (unpaired) electrons. The number of aliphatic imine (C=N–C) groups is 1. The molecule has 0 amide bonds. The van der Waals surface area contributed by atoms with Crippen LogP contribution in [0.25, 0.3) is 0 Å². The van der Waals surface area contributed by atoms with E-state index in [0.717, 1.165) is 38.9 Å². The van der Waals surface area contributed by atoms with Gasteiger partial charge in [0, 0.05) is 19.4 Å². The Morgan fingerprint density at radius 2 is 0.889 bits per heavy atom. The van der Waals surface area contributed by atoms with Crippen LogP contribution >= 0.6 is 0 Å². The molecule has 1 aliphatic heterocycles. The van der Waals surface area contributed by atoms with Gasteiger partial charge >= 0.3 is 5.97 Å². The summed E-state index contributed by atoms with van der Waals surface area (Å²) in [6.07, 6.45) is 44.4. The van der Waals surface area contributed by atoms with E-state index in [1.54, 1.807) is 0 Å². The fourth-order valence-corrected chi connectivity index (χ4v) is 6.82. The molecule has 266 valence electrons. The number of rotatable bonds is 36. The van der Waals surface area contributed by atoms with Crippen LogP contribution in [-0.4, -0.2) is 42.9 Å². The predicted octanol–water partition coefficient (Wildman–Crippen LogP) is 13.2. The first-order chi connectivity index (χ1) is 22.3. The Balaban J connectivity index is 1.83. The van der Waals surface area contributed by atoms with Gasteiger partial charge in [0.2, 0.25) is 0 Å². The molecule has 0 N–H and O–H groups in total. The van der Waals surface area contributed by atoms with E-state index in [1.807, 2.05) is 0 Å². The summed E-state index contributed by atoms with van der Waals surface area (Å²) in [5.74, 6) is 1.24. The second kappa shape index (κ2) is 34.3. The van der Waals surface area contributed by atoms with Crippen molar-refractivity contribution in [1.82, 2.24) is 4.90 Å². The molecule has 0 aliphatic carbocycles. The van der Waals surface area contributed by atoms with Crippen LogP contribution in [0.1, 0.15) is 226 Å². The lowest BCUT2D eigenvalue weighted by Crippen LogP contribution is -2.31. The molecule has 1 rings (SSSR count). The zero-order chi connectivity index (χ0) is 32.3.